The number of nitrogens with one attached hydrogen (secondary N) is 2. The highest BCUT2D eigenvalue weighted by atomic mass is 19.1. The molecule has 0 bridgehead atoms. The van der Waals surface area contributed by atoms with Gasteiger partial charge >= 0.3 is 0 Å². The Balaban J connectivity index is 1.68. The largest absolute Gasteiger partial charge is 0.446 e. The number of benzene rings is 1. The van der Waals surface area contributed by atoms with Gasteiger partial charge in [-0.1, -0.05) is 32.0 Å². The van der Waals surface area contributed by atoms with Crippen LogP contribution in [0.4, 0.5) is 10.2 Å². The summed E-state index contributed by atoms with van der Waals surface area (Å²) in [5, 5.41) is 5.46. The van der Waals surface area contributed by atoms with Crippen LogP contribution in [-0.2, 0) is 11.2 Å². The first-order valence-corrected chi connectivity index (χ1v) is 9.14. The maximum atomic E-state index is 13.3. The van der Waals surface area contributed by atoms with Gasteiger partial charge in [-0.15, -0.1) is 0 Å². The van der Waals surface area contributed by atoms with E-state index in [1.807, 2.05) is 13.8 Å². The van der Waals surface area contributed by atoms with E-state index in [0.29, 0.717) is 11.4 Å². The normalized spacial score (nSPS) is 11.9. The summed E-state index contributed by atoms with van der Waals surface area (Å²) < 4.78 is 18.8. The Hall–Kier alpha value is -3.55. The third-order valence-corrected chi connectivity index (χ3v) is 4.16. The molecule has 2 heterocycles. The van der Waals surface area contributed by atoms with Gasteiger partial charge in [0, 0.05) is 6.20 Å². The number of rotatable bonds is 7. The SMILES string of the molecule is CC(C)[C@H](NC(=O)Cc1cccc(F)c1)c1nc(C(=O)Nc2ccccn2)co1. The van der Waals surface area contributed by atoms with Gasteiger partial charge < -0.3 is 15.1 Å². The van der Waals surface area contributed by atoms with E-state index in [1.165, 1.54) is 18.4 Å². The highest BCUT2D eigenvalue weighted by Gasteiger charge is 2.25. The Bertz CT molecular complexity index is 988. The zero-order valence-electron chi connectivity index (χ0n) is 16.1. The Morgan fingerprint density at radius 3 is 2.69 bits per heavy atom. The molecule has 8 heteroatoms. The van der Waals surface area contributed by atoms with Gasteiger partial charge in [0.25, 0.3) is 5.91 Å². The molecule has 3 aromatic rings. The van der Waals surface area contributed by atoms with Gasteiger partial charge in [0.05, 0.1) is 6.42 Å². The van der Waals surface area contributed by atoms with Crippen LogP contribution in [0.5, 0.6) is 0 Å². The number of carbonyl (C=O) groups is 2. The van der Waals surface area contributed by atoms with Crippen molar-refractivity contribution in [3.8, 4) is 0 Å². The molecule has 0 aliphatic heterocycles. The van der Waals surface area contributed by atoms with Crippen LogP contribution in [0.2, 0.25) is 0 Å². The first-order chi connectivity index (χ1) is 13.9. The first kappa shape index (κ1) is 20.2. The van der Waals surface area contributed by atoms with Gasteiger partial charge in [-0.2, -0.15) is 0 Å². The second-order valence-electron chi connectivity index (χ2n) is 6.84. The molecule has 0 radical (unpaired) electrons. The molecule has 0 saturated carbocycles. The minimum Gasteiger partial charge on any atom is -0.446 e. The lowest BCUT2D eigenvalue weighted by Crippen LogP contribution is -2.33. The zero-order chi connectivity index (χ0) is 20.8. The number of hydrogen-bond acceptors (Lipinski definition) is 5. The Morgan fingerprint density at radius 1 is 1.17 bits per heavy atom. The minimum atomic E-state index is -0.535. The number of amides is 2. The summed E-state index contributed by atoms with van der Waals surface area (Å²) in [6.07, 6.45) is 2.82. The van der Waals surface area contributed by atoms with Crippen molar-refractivity contribution in [1.82, 2.24) is 15.3 Å². The maximum absolute atomic E-state index is 13.3. The number of nitrogens with zero attached hydrogens (tertiary/aromatic N) is 2. The second-order valence-corrected chi connectivity index (χ2v) is 6.84. The molecule has 0 saturated heterocycles. The van der Waals surface area contributed by atoms with Crippen LogP contribution in [-0.4, -0.2) is 21.8 Å². The molecular weight excluding hydrogens is 375 g/mol. The number of aromatic nitrogens is 2. The average molecular weight is 396 g/mol. The summed E-state index contributed by atoms with van der Waals surface area (Å²) in [6.45, 7) is 3.79. The number of carbonyl (C=O) groups excluding carboxylic acids is 2. The second kappa shape index (κ2) is 9.09. The molecule has 1 aromatic carbocycles. The van der Waals surface area contributed by atoms with E-state index in [4.69, 9.17) is 4.42 Å². The maximum Gasteiger partial charge on any atom is 0.278 e. The van der Waals surface area contributed by atoms with Crippen LogP contribution >= 0.6 is 0 Å². The molecule has 3 rings (SSSR count). The van der Waals surface area contributed by atoms with E-state index in [2.05, 4.69) is 20.6 Å². The van der Waals surface area contributed by atoms with Crippen molar-refractivity contribution < 1.29 is 18.4 Å². The predicted octanol–water partition coefficient (Wildman–Crippen LogP) is 3.52. The lowest BCUT2D eigenvalue weighted by molar-refractivity contribution is -0.121. The molecule has 29 heavy (non-hydrogen) atoms. The lowest BCUT2D eigenvalue weighted by atomic mass is 10.0. The van der Waals surface area contributed by atoms with Gasteiger partial charge in [0.2, 0.25) is 11.8 Å². The fraction of sp³-hybridized carbons (Fsp3) is 0.238. The van der Waals surface area contributed by atoms with Crippen molar-refractivity contribution in [2.45, 2.75) is 26.3 Å². The summed E-state index contributed by atoms with van der Waals surface area (Å²) in [5.74, 6) is -0.590. The van der Waals surface area contributed by atoms with Crippen LogP contribution < -0.4 is 10.6 Å². The van der Waals surface area contributed by atoms with Gasteiger partial charge in [-0.05, 0) is 35.7 Å². The number of oxazole rings is 1. The highest BCUT2D eigenvalue weighted by molar-refractivity contribution is 6.02. The molecule has 7 nitrogen and oxygen atoms in total. The van der Waals surface area contributed by atoms with Crippen LogP contribution in [0.15, 0.2) is 59.3 Å². The number of hydrogen-bond donors (Lipinski definition) is 2. The molecule has 0 spiro atoms. The molecule has 0 aliphatic rings. The molecule has 2 amide bonds. The molecule has 0 aliphatic carbocycles. The minimum absolute atomic E-state index is 0.0225. The predicted molar refractivity (Wildman–Crippen MR) is 105 cm³/mol. The van der Waals surface area contributed by atoms with E-state index in [9.17, 15) is 14.0 Å². The highest BCUT2D eigenvalue weighted by Crippen LogP contribution is 2.22. The molecule has 150 valence electrons. The Kier molecular flexibility index (Phi) is 6.33. The van der Waals surface area contributed by atoms with E-state index in [-0.39, 0.29) is 29.8 Å². The summed E-state index contributed by atoms with van der Waals surface area (Å²) in [4.78, 5) is 33.0. The fourth-order valence-corrected chi connectivity index (χ4v) is 2.72. The average Bonchev–Trinajstić information content (AvgIpc) is 3.16. The number of anilines is 1. The zero-order valence-corrected chi connectivity index (χ0v) is 16.1. The molecule has 1 atom stereocenters. The molecule has 2 aromatic heterocycles. The standard InChI is InChI=1S/C21H21FN4O3/c1-13(2)19(26-18(27)11-14-6-5-7-15(22)10-14)21-24-16(12-29-21)20(28)25-17-8-3-4-9-23-17/h3-10,12-13,19H,11H2,1-2H3,(H,26,27)(H,23,25,28)/t19-/m0/s1. The summed E-state index contributed by atoms with van der Waals surface area (Å²) in [7, 11) is 0. The van der Waals surface area contributed by atoms with Crippen LogP contribution in [0.1, 0.15) is 41.8 Å². The summed E-state index contributed by atoms with van der Waals surface area (Å²) >= 11 is 0. The van der Waals surface area contributed by atoms with Gasteiger partial charge in [0.15, 0.2) is 5.69 Å². The van der Waals surface area contributed by atoms with E-state index in [1.54, 1.807) is 36.5 Å². The van der Waals surface area contributed by atoms with Crippen LogP contribution in [0.3, 0.4) is 0 Å². The van der Waals surface area contributed by atoms with Gasteiger partial charge in [-0.3, -0.25) is 9.59 Å². The molecule has 0 fully saturated rings. The molecular formula is C21H21FN4O3. The monoisotopic (exact) mass is 396 g/mol. The summed E-state index contributed by atoms with van der Waals surface area (Å²) in [5.41, 5.74) is 0.642. The number of halogens is 1. The molecule has 2 N–H and O–H groups in total. The van der Waals surface area contributed by atoms with Crippen LogP contribution in [0, 0.1) is 11.7 Å². The van der Waals surface area contributed by atoms with Crippen molar-refractivity contribution >= 4 is 17.6 Å². The van der Waals surface area contributed by atoms with Crippen molar-refractivity contribution in [3.05, 3.63) is 77.9 Å². The fourth-order valence-electron chi connectivity index (χ4n) is 2.72. The van der Waals surface area contributed by atoms with Crippen molar-refractivity contribution in [1.29, 1.82) is 0 Å². The lowest BCUT2D eigenvalue weighted by Gasteiger charge is -2.19. The first-order valence-electron chi connectivity index (χ1n) is 9.14. The van der Waals surface area contributed by atoms with Crippen molar-refractivity contribution in [3.63, 3.8) is 0 Å². The van der Waals surface area contributed by atoms with Gasteiger partial charge in [0.1, 0.15) is 23.9 Å². The third-order valence-electron chi connectivity index (χ3n) is 4.16. The van der Waals surface area contributed by atoms with Crippen molar-refractivity contribution in [2.24, 2.45) is 5.92 Å². The Morgan fingerprint density at radius 2 is 2.00 bits per heavy atom. The summed E-state index contributed by atoms with van der Waals surface area (Å²) in [6, 6.07) is 10.5. The molecule has 0 unspecified atom stereocenters. The van der Waals surface area contributed by atoms with E-state index < -0.39 is 17.8 Å². The van der Waals surface area contributed by atoms with Gasteiger partial charge in [-0.25, -0.2) is 14.4 Å². The Labute approximate surface area is 167 Å². The smallest absolute Gasteiger partial charge is 0.278 e. The van der Waals surface area contributed by atoms with E-state index >= 15 is 0 Å². The third kappa shape index (κ3) is 5.47. The van der Waals surface area contributed by atoms with Crippen molar-refractivity contribution in [2.75, 3.05) is 5.32 Å². The number of pyridine rings is 1. The quantitative estimate of drug-likeness (QED) is 0.637. The van der Waals surface area contributed by atoms with Crippen LogP contribution in [0.25, 0.3) is 0 Å². The van der Waals surface area contributed by atoms with E-state index in [0.717, 1.165) is 0 Å². The topological polar surface area (TPSA) is 97.1 Å².